The molecule has 2 aromatic carbocycles. The van der Waals surface area contributed by atoms with E-state index in [0.717, 1.165) is 35.6 Å². The van der Waals surface area contributed by atoms with E-state index in [-0.39, 0.29) is 5.91 Å². The van der Waals surface area contributed by atoms with Crippen LogP contribution in [-0.4, -0.2) is 57.2 Å². The molecule has 2 aromatic rings. The number of rotatable bonds is 7. The number of benzene rings is 2. The highest BCUT2D eigenvalue weighted by Gasteiger charge is 2.23. The SMILES string of the molecule is COc1ccc(CN(C)CC(=O)N2CCc3cc(OC)c(OC)cc3C2)cc1. The van der Waals surface area contributed by atoms with Crippen LogP contribution in [0.4, 0.5) is 0 Å². The van der Waals surface area contributed by atoms with E-state index in [2.05, 4.69) is 0 Å². The smallest absolute Gasteiger partial charge is 0.237 e. The summed E-state index contributed by atoms with van der Waals surface area (Å²) < 4.78 is 16.0. The summed E-state index contributed by atoms with van der Waals surface area (Å²) in [6.07, 6.45) is 0.823. The molecule has 0 fully saturated rings. The molecule has 6 heteroatoms. The van der Waals surface area contributed by atoms with Gasteiger partial charge in [-0.05, 0) is 54.4 Å². The quantitative estimate of drug-likeness (QED) is 0.735. The van der Waals surface area contributed by atoms with Crippen LogP contribution in [0.25, 0.3) is 0 Å². The molecule has 0 atom stereocenters. The normalized spacial score (nSPS) is 13.2. The molecule has 0 aliphatic carbocycles. The molecule has 150 valence electrons. The van der Waals surface area contributed by atoms with Gasteiger partial charge < -0.3 is 19.1 Å². The second kappa shape index (κ2) is 8.97. The molecule has 0 bridgehead atoms. The van der Waals surface area contributed by atoms with Crippen molar-refractivity contribution in [2.24, 2.45) is 0 Å². The van der Waals surface area contributed by atoms with E-state index in [1.807, 2.05) is 53.2 Å². The monoisotopic (exact) mass is 384 g/mol. The van der Waals surface area contributed by atoms with Gasteiger partial charge in [-0.15, -0.1) is 0 Å². The Labute approximate surface area is 166 Å². The molecule has 0 N–H and O–H groups in total. The lowest BCUT2D eigenvalue weighted by molar-refractivity contribution is -0.133. The Hall–Kier alpha value is -2.73. The predicted molar refractivity (Wildman–Crippen MR) is 108 cm³/mol. The van der Waals surface area contributed by atoms with Crippen LogP contribution in [0.5, 0.6) is 17.2 Å². The van der Waals surface area contributed by atoms with Crippen molar-refractivity contribution >= 4 is 5.91 Å². The fourth-order valence-electron chi connectivity index (χ4n) is 3.53. The van der Waals surface area contributed by atoms with Gasteiger partial charge in [0.2, 0.25) is 5.91 Å². The topological polar surface area (TPSA) is 51.2 Å². The Kier molecular flexibility index (Phi) is 6.41. The molecule has 3 rings (SSSR count). The molecule has 0 radical (unpaired) electrons. The van der Waals surface area contributed by atoms with E-state index < -0.39 is 0 Å². The Morgan fingerprint density at radius 3 is 2.25 bits per heavy atom. The highest BCUT2D eigenvalue weighted by Crippen LogP contribution is 2.33. The summed E-state index contributed by atoms with van der Waals surface area (Å²) in [5.74, 6) is 2.41. The van der Waals surface area contributed by atoms with Crippen LogP contribution in [-0.2, 0) is 24.3 Å². The van der Waals surface area contributed by atoms with Gasteiger partial charge in [-0.1, -0.05) is 12.1 Å². The molecule has 0 saturated heterocycles. The van der Waals surface area contributed by atoms with Crippen LogP contribution in [0.15, 0.2) is 36.4 Å². The lowest BCUT2D eigenvalue weighted by Gasteiger charge is -2.31. The third-order valence-electron chi connectivity index (χ3n) is 5.09. The maximum atomic E-state index is 12.8. The zero-order valence-corrected chi connectivity index (χ0v) is 17.0. The minimum absolute atomic E-state index is 0.136. The molecular formula is C22H28N2O4. The second-order valence-corrected chi connectivity index (χ2v) is 7.06. The van der Waals surface area contributed by atoms with Gasteiger partial charge >= 0.3 is 0 Å². The van der Waals surface area contributed by atoms with Crippen LogP contribution in [0.3, 0.4) is 0 Å². The number of ether oxygens (including phenoxy) is 3. The van der Waals surface area contributed by atoms with Crippen LogP contribution in [0, 0.1) is 0 Å². The molecule has 28 heavy (non-hydrogen) atoms. The fraction of sp³-hybridized carbons (Fsp3) is 0.409. The van der Waals surface area contributed by atoms with Crippen molar-refractivity contribution in [2.45, 2.75) is 19.5 Å². The zero-order valence-electron chi connectivity index (χ0n) is 17.0. The predicted octanol–water partition coefficient (Wildman–Crippen LogP) is 2.73. The van der Waals surface area contributed by atoms with Gasteiger partial charge in [-0.25, -0.2) is 0 Å². The van der Waals surface area contributed by atoms with Gasteiger partial charge in [-0.3, -0.25) is 9.69 Å². The van der Waals surface area contributed by atoms with Crippen molar-refractivity contribution in [2.75, 3.05) is 41.5 Å². The minimum Gasteiger partial charge on any atom is -0.497 e. The van der Waals surface area contributed by atoms with Crippen LogP contribution in [0.2, 0.25) is 0 Å². The number of carbonyl (C=O) groups is 1. The summed E-state index contributed by atoms with van der Waals surface area (Å²) in [5, 5.41) is 0. The standard InChI is InChI=1S/C22H28N2O4/c1-23(13-16-5-7-19(26-2)8-6-16)15-22(25)24-10-9-17-11-20(27-3)21(28-4)12-18(17)14-24/h5-8,11-12H,9-10,13-15H2,1-4H3. The van der Waals surface area contributed by atoms with Gasteiger partial charge in [-0.2, -0.15) is 0 Å². The molecule has 1 heterocycles. The van der Waals surface area contributed by atoms with Gasteiger partial charge in [0.25, 0.3) is 0 Å². The molecular weight excluding hydrogens is 356 g/mol. The summed E-state index contributed by atoms with van der Waals surface area (Å²) in [5.41, 5.74) is 3.49. The first kappa shape index (κ1) is 20.0. The van der Waals surface area contributed by atoms with E-state index in [1.165, 1.54) is 5.56 Å². The fourth-order valence-corrected chi connectivity index (χ4v) is 3.53. The number of likely N-dealkylation sites (N-methyl/N-ethyl adjacent to an activating group) is 1. The van der Waals surface area contributed by atoms with Crippen LogP contribution < -0.4 is 14.2 Å². The summed E-state index contributed by atoms with van der Waals surface area (Å²) >= 11 is 0. The van der Waals surface area contributed by atoms with E-state index in [4.69, 9.17) is 14.2 Å². The van der Waals surface area contributed by atoms with Crippen molar-refractivity contribution in [3.63, 3.8) is 0 Å². The Balaban J connectivity index is 1.60. The minimum atomic E-state index is 0.136. The van der Waals surface area contributed by atoms with E-state index >= 15 is 0 Å². The van der Waals surface area contributed by atoms with Crippen molar-refractivity contribution in [3.8, 4) is 17.2 Å². The average Bonchev–Trinajstić information content (AvgIpc) is 2.72. The van der Waals surface area contributed by atoms with Crippen molar-refractivity contribution < 1.29 is 19.0 Å². The lowest BCUT2D eigenvalue weighted by atomic mass is 9.98. The van der Waals surface area contributed by atoms with E-state index in [0.29, 0.717) is 25.4 Å². The number of amides is 1. The first-order valence-electron chi connectivity index (χ1n) is 9.37. The van der Waals surface area contributed by atoms with Crippen molar-refractivity contribution in [3.05, 3.63) is 53.1 Å². The van der Waals surface area contributed by atoms with Crippen molar-refractivity contribution in [1.82, 2.24) is 9.80 Å². The Bertz CT molecular complexity index is 820. The van der Waals surface area contributed by atoms with E-state index in [9.17, 15) is 4.79 Å². The van der Waals surface area contributed by atoms with Gasteiger partial charge in [0.1, 0.15) is 5.75 Å². The summed E-state index contributed by atoms with van der Waals surface area (Å²) in [6.45, 7) is 2.42. The number of nitrogens with zero attached hydrogens (tertiary/aromatic N) is 2. The van der Waals surface area contributed by atoms with Gasteiger partial charge in [0.15, 0.2) is 11.5 Å². The molecule has 0 aromatic heterocycles. The molecule has 1 aliphatic heterocycles. The Morgan fingerprint density at radius 1 is 1.00 bits per heavy atom. The Morgan fingerprint density at radius 2 is 1.64 bits per heavy atom. The first-order valence-corrected chi connectivity index (χ1v) is 9.37. The maximum absolute atomic E-state index is 12.8. The number of fused-ring (bicyclic) bond motifs is 1. The van der Waals surface area contributed by atoms with E-state index in [1.54, 1.807) is 21.3 Å². The molecule has 0 unspecified atom stereocenters. The lowest BCUT2D eigenvalue weighted by Crippen LogP contribution is -2.41. The molecule has 6 nitrogen and oxygen atoms in total. The third-order valence-corrected chi connectivity index (χ3v) is 5.09. The molecule has 0 spiro atoms. The number of methoxy groups -OCH3 is 3. The highest BCUT2D eigenvalue weighted by atomic mass is 16.5. The van der Waals surface area contributed by atoms with Crippen LogP contribution >= 0.6 is 0 Å². The number of hydrogen-bond donors (Lipinski definition) is 0. The third kappa shape index (κ3) is 4.57. The first-order chi connectivity index (χ1) is 13.5. The van der Waals surface area contributed by atoms with Gasteiger partial charge in [0, 0.05) is 19.6 Å². The largest absolute Gasteiger partial charge is 0.497 e. The highest BCUT2D eigenvalue weighted by molar-refractivity contribution is 5.78. The average molecular weight is 384 g/mol. The summed E-state index contributed by atoms with van der Waals surface area (Å²) in [4.78, 5) is 16.7. The van der Waals surface area contributed by atoms with Gasteiger partial charge in [0.05, 0.1) is 27.9 Å². The zero-order chi connectivity index (χ0) is 20.1. The van der Waals surface area contributed by atoms with Crippen molar-refractivity contribution in [1.29, 1.82) is 0 Å². The van der Waals surface area contributed by atoms with Crippen LogP contribution in [0.1, 0.15) is 16.7 Å². The summed E-state index contributed by atoms with van der Waals surface area (Å²) in [7, 11) is 6.89. The number of hydrogen-bond acceptors (Lipinski definition) is 5. The molecule has 1 aliphatic rings. The molecule has 1 amide bonds. The number of carbonyl (C=O) groups excluding carboxylic acids is 1. The molecule has 0 saturated carbocycles. The second-order valence-electron chi connectivity index (χ2n) is 7.06. The summed E-state index contributed by atoms with van der Waals surface area (Å²) in [6, 6.07) is 11.9. The maximum Gasteiger partial charge on any atom is 0.237 e.